The quantitative estimate of drug-likeness (QED) is 0.751. The smallest absolute Gasteiger partial charge is 0.0480 e. The van der Waals surface area contributed by atoms with Crippen molar-refractivity contribution < 1.29 is 4.74 Å². The summed E-state index contributed by atoms with van der Waals surface area (Å²) < 4.78 is 5.36. The Morgan fingerprint density at radius 3 is 1.93 bits per heavy atom. The van der Waals surface area contributed by atoms with E-state index in [-0.39, 0.29) is 0 Å². The van der Waals surface area contributed by atoms with Gasteiger partial charge in [-0.3, -0.25) is 0 Å². The summed E-state index contributed by atoms with van der Waals surface area (Å²) in [5.74, 6) is 1.44. The van der Waals surface area contributed by atoms with Gasteiger partial charge < -0.3 is 10.1 Å². The van der Waals surface area contributed by atoms with Crippen LogP contribution >= 0.6 is 0 Å². The minimum atomic E-state index is 0.651. The lowest BCUT2D eigenvalue weighted by molar-refractivity contribution is 0.0701. The van der Waals surface area contributed by atoms with Gasteiger partial charge in [0.2, 0.25) is 0 Å². The summed E-state index contributed by atoms with van der Waals surface area (Å²) in [5, 5.41) is 3.77. The van der Waals surface area contributed by atoms with Crippen LogP contribution in [0, 0.1) is 11.8 Å². The van der Waals surface area contributed by atoms with Crippen LogP contribution in [0.3, 0.4) is 0 Å². The lowest BCUT2D eigenvalue weighted by Gasteiger charge is -2.33. The van der Waals surface area contributed by atoms with Crippen molar-refractivity contribution in [3.63, 3.8) is 0 Å². The molecule has 0 amide bonds. The Balaban J connectivity index is 2.37. The van der Waals surface area contributed by atoms with E-state index in [1.807, 2.05) is 0 Å². The van der Waals surface area contributed by atoms with Crippen molar-refractivity contribution in [2.75, 3.05) is 13.2 Å². The SMILES string of the molecule is CC(C)C(NC1CCOCC1)C(C)C. The van der Waals surface area contributed by atoms with Crippen molar-refractivity contribution in [1.82, 2.24) is 5.32 Å². The summed E-state index contributed by atoms with van der Waals surface area (Å²) in [5.41, 5.74) is 0. The molecule has 2 nitrogen and oxygen atoms in total. The van der Waals surface area contributed by atoms with Gasteiger partial charge in [0.25, 0.3) is 0 Å². The molecule has 1 fully saturated rings. The van der Waals surface area contributed by atoms with Crippen LogP contribution in [0.15, 0.2) is 0 Å². The van der Waals surface area contributed by atoms with E-state index >= 15 is 0 Å². The molecule has 0 aromatic carbocycles. The predicted octanol–water partition coefficient (Wildman–Crippen LogP) is 2.44. The molecule has 0 spiro atoms. The van der Waals surface area contributed by atoms with Gasteiger partial charge in [-0.15, -0.1) is 0 Å². The standard InChI is InChI=1S/C12H25NO/c1-9(2)12(10(3)4)13-11-5-7-14-8-6-11/h9-13H,5-8H2,1-4H3. The minimum absolute atomic E-state index is 0.651. The molecule has 1 N–H and O–H groups in total. The third-order valence-electron chi connectivity index (χ3n) is 3.09. The summed E-state index contributed by atoms with van der Waals surface area (Å²) in [6, 6.07) is 1.33. The molecule has 0 aromatic heterocycles. The highest BCUT2D eigenvalue weighted by Crippen LogP contribution is 2.16. The zero-order chi connectivity index (χ0) is 10.6. The lowest BCUT2D eigenvalue weighted by atomic mass is 9.91. The van der Waals surface area contributed by atoms with Crippen LogP contribution in [0.4, 0.5) is 0 Å². The molecule has 0 atom stereocenters. The third kappa shape index (κ3) is 3.58. The number of hydrogen-bond acceptors (Lipinski definition) is 2. The first-order valence-electron chi connectivity index (χ1n) is 5.95. The van der Waals surface area contributed by atoms with Crippen LogP contribution in [0.1, 0.15) is 40.5 Å². The van der Waals surface area contributed by atoms with Gasteiger partial charge in [0.05, 0.1) is 0 Å². The van der Waals surface area contributed by atoms with E-state index in [2.05, 4.69) is 33.0 Å². The molecule has 1 aliphatic rings. The average Bonchev–Trinajstić information content (AvgIpc) is 2.15. The van der Waals surface area contributed by atoms with E-state index in [4.69, 9.17) is 4.74 Å². The highest BCUT2D eigenvalue weighted by Gasteiger charge is 2.22. The number of rotatable bonds is 4. The van der Waals surface area contributed by atoms with Gasteiger partial charge >= 0.3 is 0 Å². The normalized spacial score (nSPS) is 19.9. The third-order valence-corrected chi connectivity index (χ3v) is 3.09. The highest BCUT2D eigenvalue weighted by atomic mass is 16.5. The fraction of sp³-hybridized carbons (Fsp3) is 1.00. The van der Waals surface area contributed by atoms with E-state index in [1.54, 1.807) is 0 Å². The maximum Gasteiger partial charge on any atom is 0.0480 e. The number of ether oxygens (including phenoxy) is 1. The van der Waals surface area contributed by atoms with E-state index in [9.17, 15) is 0 Å². The van der Waals surface area contributed by atoms with Crippen LogP contribution in [0.5, 0.6) is 0 Å². The Bertz CT molecular complexity index is 142. The summed E-state index contributed by atoms with van der Waals surface area (Å²) in [6.07, 6.45) is 2.35. The maximum atomic E-state index is 5.36. The van der Waals surface area contributed by atoms with Crippen LogP contribution in [-0.4, -0.2) is 25.3 Å². The first-order chi connectivity index (χ1) is 6.61. The monoisotopic (exact) mass is 199 g/mol. The summed E-state index contributed by atoms with van der Waals surface area (Å²) >= 11 is 0. The van der Waals surface area contributed by atoms with Crippen molar-refractivity contribution >= 4 is 0 Å². The largest absolute Gasteiger partial charge is 0.381 e. The van der Waals surface area contributed by atoms with Crippen LogP contribution < -0.4 is 5.32 Å². The zero-order valence-electron chi connectivity index (χ0n) is 10.0. The van der Waals surface area contributed by atoms with Crippen molar-refractivity contribution in [2.45, 2.75) is 52.6 Å². The highest BCUT2D eigenvalue weighted by molar-refractivity contribution is 4.80. The first-order valence-corrected chi connectivity index (χ1v) is 5.95. The van der Waals surface area contributed by atoms with Crippen LogP contribution in [-0.2, 0) is 4.74 Å². The molecule has 0 bridgehead atoms. The van der Waals surface area contributed by atoms with Gasteiger partial charge in [0.15, 0.2) is 0 Å². The van der Waals surface area contributed by atoms with Crippen molar-refractivity contribution in [2.24, 2.45) is 11.8 Å². The minimum Gasteiger partial charge on any atom is -0.381 e. The lowest BCUT2D eigenvalue weighted by Crippen LogP contribution is -2.46. The molecule has 0 aromatic rings. The topological polar surface area (TPSA) is 21.3 Å². The fourth-order valence-electron chi connectivity index (χ4n) is 2.29. The Hall–Kier alpha value is -0.0800. The molecule has 1 saturated heterocycles. The molecule has 0 aliphatic carbocycles. The van der Waals surface area contributed by atoms with E-state index < -0.39 is 0 Å². The second-order valence-electron chi connectivity index (χ2n) is 5.07. The predicted molar refractivity (Wildman–Crippen MR) is 60.4 cm³/mol. The van der Waals surface area contributed by atoms with Gasteiger partial charge in [-0.1, -0.05) is 27.7 Å². The second kappa shape index (κ2) is 5.72. The molecule has 1 rings (SSSR count). The molecule has 2 heteroatoms. The van der Waals surface area contributed by atoms with Crippen LogP contribution in [0.25, 0.3) is 0 Å². The molecule has 0 saturated carbocycles. The second-order valence-corrected chi connectivity index (χ2v) is 5.07. The first kappa shape index (κ1) is 12.0. The van der Waals surface area contributed by atoms with Crippen molar-refractivity contribution in [3.8, 4) is 0 Å². The Labute approximate surface area is 88.4 Å². The Kier molecular flexibility index (Phi) is 4.90. The maximum absolute atomic E-state index is 5.36. The van der Waals surface area contributed by atoms with Crippen molar-refractivity contribution in [3.05, 3.63) is 0 Å². The Morgan fingerprint density at radius 1 is 1.00 bits per heavy atom. The Morgan fingerprint density at radius 2 is 1.50 bits per heavy atom. The van der Waals surface area contributed by atoms with E-state index in [1.165, 1.54) is 12.8 Å². The van der Waals surface area contributed by atoms with Gasteiger partial charge in [0, 0.05) is 25.3 Å². The average molecular weight is 199 g/mol. The number of hydrogen-bond donors (Lipinski definition) is 1. The summed E-state index contributed by atoms with van der Waals surface area (Å²) in [4.78, 5) is 0. The van der Waals surface area contributed by atoms with Gasteiger partial charge in [0.1, 0.15) is 0 Å². The molecule has 84 valence electrons. The number of nitrogens with one attached hydrogen (secondary N) is 1. The zero-order valence-corrected chi connectivity index (χ0v) is 10.0. The molecule has 0 unspecified atom stereocenters. The van der Waals surface area contributed by atoms with E-state index in [0.29, 0.717) is 12.1 Å². The van der Waals surface area contributed by atoms with Gasteiger partial charge in [-0.25, -0.2) is 0 Å². The molecule has 0 radical (unpaired) electrons. The molecule has 14 heavy (non-hydrogen) atoms. The molecule has 1 aliphatic heterocycles. The van der Waals surface area contributed by atoms with Gasteiger partial charge in [-0.2, -0.15) is 0 Å². The molecule has 1 heterocycles. The summed E-state index contributed by atoms with van der Waals surface area (Å²) in [6.45, 7) is 11.1. The molecular formula is C12H25NO. The van der Waals surface area contributed by atoms with Crippen LogP contribution in [0.2, 0.25) is 0 Å². The van der Waals surface area contributed by atoms with Gasteiger partial charge in [-0.05, 0) is 24.7 Å². The fourth-order valence-corrected chi connectivity index (χ4v) is 2.29. The molecular weight excluding hydrogens is 174 g/mol. The van der Waals surface area contributed by atoms with Crippen molar-refractivity contribution in [1.29, 1.82) is 0 Å². The van der Waals surface area contributed by atoms with E-state index in [0.717, 1.165) is 25.0 Å². The summed E-state index contributed by atoms with van der Waals surface area (Å²) in [7, 11) is 0.